The number of hydrogen-bond acceptors (Lipinski definition) is 7. The molecule has 3 rings (SSSR count). The maximum absolute atomic E-state index is 12.5. The highest BCUT2D eigenvalue weighted by Crippen LogP contribution is 2.26. The predicted molar refractivity (Wildman–Crippen MR) is 97.3 cm³/mol. The molecule has 1 saturated heterocycles. The highest BCUT2D eigenvalue weighted by Gasteiger charge is 2.50. The first-order valence-electron chi connectivity index (χ1n) is 8.75. The van der Waals surface area contributed by atoms with Crippen LogP contribution in [0.4, 0.5) is 0 Å². The Kier molecular flexibility index (Phi) is 6.37. The van der Waals surface area contributed by atoms with E-state index in [1.54, 1.807) is 60.7 Å². The van der Waals surface area contributed by atoms with E-state index in [-0.39, 0.29) is 5.56 Å². The third-order valence-electron chi connectivity index (χ3n) is 4.43. The number of esters is 1. The Hall–Kier alpha value is -2.78. The lowest BCUT2D eigenvalue weighted by atomic mass is 10.0. The molecule has 1 heterocycles. The Morgan fingerprint density at radius 1 is 1.04 bits per heavy atom. The van der Waals surface area contributed by atoms with Gasteiger partial charge in [-0.3, -0.25) is 4.79 Å². The lowest BCUT2D eigenvalue weighted by Crippen LogP contribution is -2.51. The minimum Gasteiger partial charge on any atom is -0.453 e. The zero-order valence-electron chi connectivity index (χ0n) is 14.8. The van der Waals surface area contributed by atoms with Gasteiger partial charge in [0, 0.05) is 5.56 Å². The summed E-state index contributed by atoms with van der Waals surface area (Å²) < 4.78 is 10.7. The molecule has 2 aromatic rings. The summed E-state index contributed by atoms with van der Waals surface area (Å²) >= 11 is 0. The van der Waals surface area contributed by atoms with E-state index < -0.39 is 49.1 Å². The highest BCUT2D eigenvalue weighted by molar-refractivity contribution is 5.94. The smallest absolute Gasteiger partial charge is 0.338 e. The Morgan fingerprint density at radius 3 is 2.18 bits per heavy atom. The Bertz CT molecular complexity index is 799. The fraction of sp³-hybridized carbons (Fsp3) is 0.300. The normalized spacial score (nSPS) is 25.1. The van der Waals surface area contributed by atoms with Gasteiger partial charge in [0.1, 0.15) is 18.2 Å². The predicted octanol–water partition coefficient (Wildman–Crippen LogP) is 0.0810. The molecule has 5 atom stereocenters. The lowest BCUT2D eigenvalue weighted by molar-refractivity contribution is -0.139. The van der Waals surface area contributed by atoms with Gasteiger partial charge in [-0.15, -0.1) is 0 Å². The van der Waals surface area contributed by atoms with Crippen LogP contribution in [0.15, 0.2) is 60.7 Å². The van der Waals surface area contributed by atoms with Crippen LogP contribution in [0.3, 0.4) is 0 Å². The van der Waals surface area contributed by atoms with Gasteiger partial charge in [-0.2, -0.15) is 0 Å². The number of amides is 1. The van der Waals surface area contributed by atoms with Crippen molar-refractivity contribution in [2.24, 2.45) is 0 Å². The van der Waals surface area contributed by atoms with Crippen LogP contribution in [0.25, 0.3) is 0 Å². The molecule has 1 aliphatic rings. The number of carbonyl (C=O) groups excluding carboxylic acids is 2. The number of carbonyl (C=O) groups is 2. The van der Waals surface area contributed by atoms with Gasteiger partial charge in [-0.25, -0.2) is 4.79 Å². The van der Waals surface area contributed by atoms with Crippen molar-refractivity contribution in [3.05, 3.63) is 71.8 Å². The fourth-order valence-corrected chi connectivity index (χ4v) is 2.99. The van der Waals surface area contributed by atoms with Crippen molar-refractivity contribution in [1.82, 2.24) is 5.32 Å². The number of ether oxygens (including phenoxy) is 2. The van der Waals surface area contributed by atoms with Gasteiger partial charge in [-0.1, -0.05) is 36.4 Å². The maximum Gasteiger partial charge on any atom is 0.338 e. The molecule has 148 valence electrons. The van der Waals surface area contributed by atoms with Crippen LogP contribution in [0.2, 0.25) is 0 Å². The average Bonchev–Trinajstić information content (AvgIpc) is 3.04. The van der Waals surface area contributed by atoms with Crippen LogP contribution in [0.5, 0.6) is 0 Å². The molecule has 0 bridgehead atoms. The SMILES string of the molecule is O=C(N[C@H]1C(O)O[C@H]([C@H](O)CO)[C@@H]1OC(=O)c1ccccc1)c1ccccc1. The molecule has 2 aromatic carbocycles. The summed E-state index contributed by atoms with van der Waals surface area (Å²) in [5, 5.41) is 32.1. The van der Waals surface area contributed by atoms with Gasteiger partial charge in [0.25, 0.3) is 5.91 Å². The standard InChI is InChI=1S/C20H21NO7/c22-11-14(23)16-17(28-19(25)13-9-5-2-6-10-13)15(20(26)27-16)21-18(24)12-7-3-1-4-8-12/h1-10,14-17,20,22-23,26H,11H2,(H,21,24)/t14-,15-,16-,17-,20?/m1/s1. The Labute approximate surface area is 161 Å². The minimum absolute atomic E-state index is 0.259. The molecule has 0 aromatic heterocycles. The van der Waals surface area contributed by atoms with E-state index in [0.717, 1.165) is 0 Å². The largest absolute Gasteiger partial charge is 0.453 e. The second-order valence-electron chi connectivity index (χ2n) is 6.34. The number of benzene rings is 2. The Balaban J connectivity index is 1.81. The topological polar surface area (TPSA) is 125 Å². The molecule has 0 radical (unpaired) electrons. The van der Waals surface area contributed by atoms with Crippen molar-refractivity contribution in [2.45, 2.75) is 30.6 Å². The van der Waals surface area contributed by atoms with Crippen LogP contribution >= 0.6 is 0 Å². The molecule has 0 spiro atoms. The van der Waals surface area contributed by atoms with Gasteiger partial charge in [-0.05, 0) is 24.3 Å². The number of hydrogen-bond donors (Lipinski definition) is 4. The van der Waals surface area contributed by atoms with E-state index in [1.807, 2.05) is 0 Å². The first kappa shape index (κ1) is 20.0. The van der Waals surface area contributed by atoms with Crippen molar-refractivity contribution in [1.29, 1.82) is 0 Å². The average molecular weight is 387 g/mol. The zero-order valence-corrected chi connectivity index (χ0v) is 14.8. The van der Waals surface area contributed by atoms with Crippen molar-refractivity contribution >= 4 is 11.9 Å². The van der Waals surface area contributed by atoms with E-state index in [9.17, 15) is 24.9 Å². The molecule has 0 saturated carbocycles. The lowest BCUT2D eigenvalue weighted by Gasteiger charge is -2.26. The number of aliphatic hydroxyl groups is 3. The third kappa shape index (κ3) is 4.37. The van der Waals surface area contributed by atoms with Crippen molar-refractivity contribution < 1.29 is 34.4 Å². The molecular formula is C20H21NO7. The monoisotopic (exact) mass is 387 g/mol. The molecular weight excluding hydrogens is 366 g/mol. The van der Waals surface area contributed by atoms with Crippen LogP contribution in [-0.4, -0.2) is 64.4 Å². The molecule has 8 heteroatoms. The van der Waals surface area contributed by atoms with Crippen molar-refractivity contribution in [3.8, 4) is 0 Å². The molecule has 4 N–H and O–H groups in total. The maximum atomic E-state index is 12.5. The van der Waals surface area contributed by atoms with Crippen molar-refractivity contribution in [3.63, 3.8) is 0 Å². The molecule has 8 nitrogen and oxygen atoms in total. The Morgan fingerprint density at radius 2 is 1.61 bits per heavy atom. The first-order valence-corrected chi connectivity index (χ1v) is 8.75. The number of aliphatic hydroxyl groups excluding tert-OH is 3. The van der Waals surface area contributed by atoms with Gasteiger partial charge < -0.3 is 30.1 Å². The zero-order chi connectivity index (χ0) is 20.1. The molecule has 28 heavy (non-hydrogen) atoms. The van der Waals surface area contributed by atoms with E-state index >= 15 is 0 Å². The molecule has 1 unspecified atom stereocenters. The van der Waals surface area contributed by atoms with E-state index in [0.29, 0.717) is 5.56 Å². The van der Waals surface area contributed by atoms with Crippen LogP contribution in [0, 0.1) is 0 Å². The summed E-state index contributed by atoms with van der Waals surface area (Å²) in [5.74, 6) is -1.22. The quantitative estimate of drug-likeness (QED) is 0.517. The van der Waals surface area contributed by atoms with Gasteiger partial charge in [0.2, 0.25) is 0 Å². The minimum atomic E-state index is -1.53. The summed E-state index contributed by atoms with van der Waals surface area (Å²) in [5.41, 5.74) is 0.600. The third-order valence-corrected chi connectivity index (χ3v) is 4.43. The summed E-state index contributed by atoms with van der Waals surface area (Å²) in [6.45, 7) is -0.671. The van der Waals surface area contributed by atoms with Crippen LogP contribution in [0.1, 0.15) is 20.7 Å². The van der Waals surface area contributed by atoms with Gasteiger partial charge in [0.05, 0.1) is 12.2 Å². The second-order valence-corrected chi connectivity index (χ2v) is 6.34. The van der Waals surface area contributed by atoms with Gasteiger partial charge >= 0.3 is 5.97 Å². The molecule has 1 amide bonds. The van der Waals surface area contributed by atoms with Gasteiger partial charge in [0.15, 0.2) is 12.4 Å². The second kappa shape index (κ2) is 8.94. The molecule has 1 fully saturated rings. The molecule has 0 aliphatic carbocycles. The van der Waals surface area contributed by atoms with Crippen molar-refractivity contribution in [2.75, 3.05) is 6.61 Å². The number of nitrogens with one attached hydrogen (secondary N) is 1. The first-order chi connectivity index (χ1) is 13.5. The summed E-state index contributed by atoms with van der Waals surface area (Å²) in [6, 6.07) is 15.3. The molecule has 1 aliphatic heterocycles. The van der Waals surface area contributed by atoms with E-state index in [2.05, 4.69) is 5.32 Å². The summed E-state index contributed by atoms with van der Waals surface area (Å²) in [7, 11) is 0. The highest BCUT2D eigenvalue weighted by atomic mass is 16.7. The van der Waals surface area contributed by atoms with E-state index in [4.69, 9.17) is 9.47 Å². The summed E-state index contributed by atoms with van der Waals surface area (Å²) in [6.07, 6.45) is -5.37. The number of rotatable bonds is 6. The van der Waals surface area contributed by atoms with E-state index in [1.165, 1.54) is 0 Å². The fourth-order valence-electron chi connectivity index (χ4n) is 2.99. The summed E-state index contributed by atoms with van der Waals surface area (Å²) in [4.78, 5) is 24.9. The van der Waals surface area contributed by atoms with Crippen LogP contribution in [-0.2, 0) is 9.47 Å². The van der Waals surface area contributed by atoms with Crippen LogP contribution < -0.4 is 5.32 Å².